The van der Waals surface area contributed by atoms with Gasteiger partial charge in [-0.15, -0.1) is 0 Å². The van der Waals surface area contributed by atoms with Crippen LogP contribution < -0.4 is 10.6 Å². The van der Waals surface area contributed by atoms with Crippen molar-refractivity contribution in [3.05, 3.63) is 35.9 Å². The minimum Gasteiger partial charge on any atom is -0.381 e. The number of carbonyl (C=O) groups is 1. The number of urea groups is 1. The summed E-state index contributed by atoms with van der Waals surface area (Å²) < 4.78 is 11.1. The van der Waals surface area contributed by atoms with Crippen molar-refractivity contribution >= 4 is 6.03 Å². The molecule has 2 fully saturated rings. The summed E-state index contributed by atoms with van der Waals surface area (Å²) in [5.74, 6) is 0.560. The Morgan fingerprint density at radius 2 is 1.92 bits per heavy atom. The molecule has 1 aliphatic carbocycles. The lowest BCUT2D eigenvalue weighted by molar-refractivity contribution is -0.0320. The van der Waals surface area contributed by atoms with Gasteiger partial charge in [-0.2, -0.15) is 0 Å². The normalized spacial score (nSPS) is 19.8. The van der Waals surface area contributed by atoms with Crippen LogP contribution in [0.2, 0.25) is 0 Å². The Kier molecular flexibility index (Phi) is 7.12. The van der Waals surface area contributed by atoms with E-state index in [1.807, 2.05) is 18.2 Å². The molecule has 0 radical (unpaired) electrons. The van der Waals surface area contributed by atoms with Crippen molar-refractivity contribution in [2.45, 2.75) is 50.7 Å². The topological polar surface area (TPSA) is 59.6 Å². The van der Waals surface area contributed by atoms with E-state index in [2.05, 4.69) is 22.8 Å². The zero-order valence-corrected chi connectivity index (χ0v) is 14.9. The second-order valence-corrected chi connectivity index (χ2v) is 7.02. The SMILES string of the molecule is O=C(NCCCOC1CCOCC1)NC(c1ccccc1)C1CCC1. The van der Waals surface area contributed by atoms with Crippen LogP contribution in [0.4, 0.5) is 4.79 Å². The summed E-state index contributed by atoms with van der Waals surface area (Å²) in [6.45, 7) is 2.93. The van der Waals surface area contributed by atoms with Gasteiger partial charge in [0.1, 0.15) is 0 Å². The van der Waals surface area contributed by atoms with Crippen molar-refractivity contribution in [2.75, 3.05) is 26.4 Å². The van der Waals surface area contributed by atoms with Gasteiger partial charge in [0.15, 0.2) is 0 Å². The van der Waals surface area contributed by atoms with Gasteiger partial charge in [-0.05, 0) is 43.6 Å². The highest BCUT2D eigenvalue weighted by Gasteiger charge is 2.29. The van der Waals surface area contributed by atoms with Crippen molar-refractivity contribution in [3.63, 3.8) is 0 Å². The summed E-state index contributed by atoms with van der Waals surface area (Å²) >= 11 is 0. The maximum atomic E-state index is 12.3. The average molecular weight is 346 g/mol. The summed E-state index contributed by atoms with van der Waals surface area (Å²) in [6, 6.07) is 10.3. The first kappa shape index (κ1) is 18.2. The molecule has 2 amide bonds. The standard InChI is InChI=1S/C20H30N2O3/c23-20(21-12-5-13-25-18-10-14-24-15-11-18)22-19(17-8-4-9-17)16-6-2-1-3-7-16/h1-3,6-7,17-19H,4-5,8-15H2,(H2,21,22,23). The van der Waals surface area contributed by atoms with Crippen molar-refractivity contribution < 1.29 is 14.3 Å². The number of amides is 2. The minimum atomic E-state index is -0.0770. The van der Waals surface area contributed by atoms with E-state index in [1.54, 1.807) is 0 Å². The summed E-state index contributed by atoms with van der Waals surface area (Å²) in [6.07, 6.45) is 6.77. The van der Waals surface area contributed by atoms with Gasteiger partial charge in [0.25, 0.3) is 0 Å². The number of carbonyl (C=O) groups excluding carboxylic acids is 1. The van der Waals surface area contributed by atoms with E-state index in [4.69, 9.17) is 9.47 Å². The lowest BCUT2D eigenvalue weighted by Gasteiger charge is -2.34. The molecule has 25 heavy (non-hydrogen) atoms. The fraction of sp³-hybridized carbons (Fsp3) is 0.650. The molecule has 1 aromatic rings. The maximum Gasteiger partial charge on any atom is 0.315 e. The predicted octanol–water partition coefficient (Wildman–Crippen LogP) is 3.41. The maximum absolute atomic E-state index is 12.3. The lowest BCUT2D eigenvalue weighted by Crippen LogP contribution is -2.42. The van der Waals surface area contributed by atoms with Gasteiger partial charge in [-0.25, -0.2) is 4.79 Å². The summed E-state index contributed by atoms with van der Waals surface area (Å²) in [5.41, 5.74) is 1.20. The zero-order chi connectivity index (χ0) is 17.3. The number of nitrogens with one attached hydrogen (secondary N) is 2. The Labute approximate surface area is 150 Å². The molecule has 1 saturated carbocycles. The molecule has 0 bridgehead atoms. The predicted molar refractivity (Wildman–Crippen MR) is 97.5 cm³/mol. The van der Waals surface area contributed by atoms with Gasteiger partial charge in [-0.3, -0.25) is 0 Å². The van der Waals surface area contributed by atoms with Crippen LogP contribution in [0.25, 0.3) is 0 Å². The molecule has 138 valence electrons. The molecule has 5 heteroatoms. The fourth-order valence-electron chi connectivity index (χ4n) is 3.47. The third-order valence-corrected chi connectivity index (χ3v) is 5.20. The summed E-state index contributed by atoms with van der Waals surface area (Å²) in [4.78, 5) is 12.3. The van der Waals surface area contributed by atoms with Crippen molar-refractivity contribution in [3.8, 4) is 0 Å². The van der Waals surface area contributed by atoms with Gasteiger partial charge < -0.3 is 20.1 Å². The Morgan fingerprint density at radius 1 is 1.16 bits per heavy atom. The van der Waals surface area contributed by atoms with Gasteiger partial charge >= 0.3 is 6.03 Å². The van der Waals surface area contributed by atoms with Gasteiger partial charge in [0.2, 0.25) is 0 Å². The van der Waals surface area contributed by atoms with Crippen molar-refractivity contribution in [1.29, 1.82) is 0 Å². The fourth-order valence-corrected chi connectivity index (χ4v) is 3.47. The Hall–Kier alpha value is -1.59. The monoisotopic (exact) mass is 346 g/mol. The first-order chi connectivity index (χ1) is 12.3. The number of hydrogen-bond donors (Lipinski definition) is 2. The molecule has 0 spiro atoms. The Balaban J connectivity index is 1.35. The van der Waals surface area contributed by atoms with Crippen molar-refractivity contribution in [1.82, 2.24) is 10.6 Å². The van der Waals surface area contributed by atoms with Crippen LogP contribution in [-0.4, -0.2) is 38.5 Å². The highest BCUT2D eigenvalue weighted by atomic mass is 16.5. The molecule has 0 aromatic heterocycles. The van der Waals surface area contributed by atoms with Crippen LogP contribution in [0.3, 0.4) is 0 Å². The molecule has 1 aromatic carbocycles. The number of rotatable bonds is 8. The van der Waals surface area contributed by atoms with E-state index in [1.165, 1.54) is 24.8 Å². The zero-order valence-electron chi connectivity index (χ0n) is 14.9. The van der Waals surface area contributed by atoms with E-state index in [9.17, 15) is 4.79 Å². The quantitative estimate of drug-likeness (QED) is 0.709. The molecule has 1 unspecified atom stereocenters. The van der Waals surface area contributed by atoms with E-state index >= 15 is 0 Å². The molecule has 1 aliphatic heterocycles. The molecular formula is C20H30N2O3. The van der Waals surface area contributed by atoms with Crippen molar-refractivity contribution in [2.24, 2.45) is 5.92 Å². The third-order valence-electron chi connectivity index (χ3n) is 5.20. The summed E-state index contributed by atoms with van der Waals surface area (Å²) in [5, 5.41) is 6.14. The third kappa shape index (κ3) is 5.72. The Bertz CT molecular complexity index is 513. The van der Waals surface area contributed by atoms with Gasteiger partial charge in [0, 0.05) is 26.4 Å². The first-order valence-corrected chi connectivity index (χ1v) is 9.61. The van der Waals surface area contributed by atoms with Crippen LogP contribution in [-0.2, 0) is 9.47 Å². The first-order valence-electron chi connectivity index (χ1n) is 9.61. The molecule has 2 N–H and O–H groups in total. The lowest BCUT2D eigenvalue weighted by atomic mass is 9.77. The molecule has 2 aliphatic rings. The van der Waals surface area contributed by atoms with E-state index in [-0.39, 0.29) is 12.1 Å². The minimum absolute atomic E-state index is 0.0770. The average Bonchev–Trinajstić information content (AvgIpc) is 2.61. The second-order valence-electron chi connectivity index (χ2n) is 7.02. The molecule has 3 rings (SSSR count). The number of hydrogen-bond acceptors (Lipinski definition) is 3. The molecule has 1 heterocycles. The van der Waals surface area contributed by atoms with Crippen LogP contribution in [0.1, 0.15) is 50.1 Å². The van der Waals surface area contributed by atoms with E-state index in [0.29, 0.717) is 25.2 Å². The molecule has 1 atom stereocenters. The molecule has 5 nitrogen and oxygen atoms in total. The molecule has 1 saturated heterocycles. The summed E-state index contributed by atoms with van der Waals surface area (Å²) in [7, 11) is 0. The van der Waals surface area contributed by atoms with Crippen LogP contribution in [0, 0.1) is 5.92 Å². The van der Waals surface area contributed by atoms with E-state index < -0.39 is 0 Å². The number of ether oxygens (including phenoxy) is 2. The van der Waals surface area contributed by atoms with Gasteiger partial charge in [-0.1, -0.05) is 36.8 Å². The van der Waals surface area contributed by atoms with Crippen LogP contribution >= 0.6 is 0 Å². The second kappa shape index (κ2) is 9.78. The van der Waals surface area contributed by atoms with Crippen LogP contribution in [0.15, 0.2) is 30.3 Å². The largest absolute Gasteiger partial charge is 0.381 e. The number of benzene rings is 1. The Morgan fingerprint density at radius 3 is 2.60 bits per heavy atom. The van der Waals surface area contributed by atoms with Crippen LogP contribution in [0.5, 0.6) is 0 Å². The highest BCUT2D eigenvalue weighted by Crippen LogP contribution is 2.37. The van der Waals surface area contributed by atoms with E-state index in [0.717, 1.165) is 32.5 Å². The smallest absolute Gasteiger partial charge is 0.315 e. The van der Waals surface area contributed by atoms with Gasteiger partial charge in [0.05, 0.1) is 12.1 Å². The molecular weight excluding hydrogens is 316 g/mol. The highest BCUT2D eigenvalue weighted by molar-refractivity contribution is 5.74.